The fraction of sp³-hybridized carbons (Fsp3) is 0.700. The highest BCUT2D eigenvalue weighted by atomic mass is 32.2. The molecule has 8 nitrogen and oxygen atoms in total. The highest BCUT2D eigenvalue weighted by Gasteiger charge is 2.38. The predicted octanol–water partition coefficient (Wildman–Crippen LogP) is 2.01. The third-order valence-electron chi connectivity index (χ3n) is 5.53. The van der Waals surface area contributed by atoms with Gasteiger partial charge >= 0.3 is 5.97 Å². The van der Waals surface area contributed by atoms with Gasteiger partial charge in [0.2, 0.25) is 0 Å². The van der Waals surface area contributed by atoms with Crippen LogP contribution in [-0.2, 0) is 19.3 Å². The van der Waals surface area contributed by atoms with Crippen molar-refractivity contribution in [1.82, 2.24) is 9.88 Å². The average molecular weight is 427 g/mol. The van der Waals surface area contributed by atoms with Crippen molar-refractivity contribution in [2.75, 3.05) is 24.7 Å². The monoisotopic (exact) mass is 426 g/mol. The topological polar surface area (TPSA) is 106 Å². The molecule has 0 aliphatic carbocycles. The Bertz CT molecular complexity index is 883. The third-order valence-corrected chi connectivity index (χ3v) is 7.28. The Morgan fingerprint density at radius 2 is 2.00 bits per heavy atom. The number of ether oxygens (including phenoxy) is 2. The van der Waals surface area contributed by atoms with Crippen LogP contribution in [0.4, 0.5) is 0 Å². The number of rotatable bonds is 6. The molecule has 9 heteroatoms. The summed E-state index contributed by atoms with van der Waals surface area (Å²) >= 11 is 0. The Balaban J connectivity index is 1.90. The van der Waals surface area contributed by atoms with Crippen molar-refractivity contribution in [3.05, 3.63) is 22.5 Å². The molecular formula is C20H30N2O6S. The van der Waals surface area contributed by atoms with Crippen molar-refractivity contribution in [3.8, 4) is 0 Å². The molecule has 162 valence electrons. The lowest BCUT2D eigenvalue weighted by Gasteiger charge is -2.30. The van der Waals surface area contributed by atoms with E-state index in [1.54, 1.807) is 32.6 Å². The zero-order chi connectivity index (χ0) is 21.3. The number of nitrogens with zero attached hydrogens (tertiary/aromatic N) is 1. The molecule has 2 saturated heterocycles. The van der Waals surface area contributed by atoms with Gasteiger partial charge in [0.1, 0.15) is 5.69 Å². The quantitative estimate of drug-likeness (QED) is 0.698. The van der Waals surface area contributed by atoms with Crippen LogP contribution in [0.3, 0.4) is 0 Å². The first kappa shape index (κ1) is 21.8. The fourth-order valence-corrected chi connectivity index (χ4v) is 5.84. The lowest BCUT2D eigenvalue weighted by atomic mass is 10.1. The minimum atomic E-state index is -3.15. The number of esters is 1. The maximum atomic E-state index is 13.5. The number of sulfone groups is 1. The number of aryl methyl sites for hydroxylation is 1. The van der Waals surface area contributed by atoms with E-state index in [2.05, 4.69) is 4.98 Å². The molecule has 3 heterocycles. The van der Waals surface area contributed by atoms with E-state index in [0.717, 1.165) is 12.8 Å². The molecule has 2 fully saturated rings. The van der Waals surface area contributed by atoms with Gasteiger partial charge in [-0.1, -0.05) is 0 Å². The van der Waals surface area contributed by atoms with E-state index in [0.29, 0.717) is 42.1 Å². The van der Waals surface area contributed by atoms with Crippen molar-refractivity contribution in [2.24, 2.45) is 0 Å². The number of nitrogens with one attached hydrogen (secondary N) is 1. The number of hydrogen-bond donors (Lipinski definition) is 1. The van der Waals surface area contributed by atoms with Crippen molar-refractivity contribution in [3.63, 3.8) is 0 Å². The van der Waals surface area contributed by atoms with Gasteiger partial charge in [-0.05, 0) is 52.5 Å². The molecule has 2 aliphatic heterocycles. The predicted molar refractivity (Wildman–Crippen MR) is 108 cm³/mol. The van der Waals surface area contributed by atoms with Crippen LogP contribution >= 0.6 is 0 Å². The molecule has 0 unspecified atom stereocenters. The Labute approximate surface area is 171 Å². The molecule has 3 rings (SSSR count). The van der Waals surface area contributed by atoms with E-state index in [1.165, 1.54) is 0 Å². The van der Waals surface area contributed by atoms with Gasteiger partial charge in [0.15, 0.2) is 9.84 Å². The van der Waals surface area contributed by atoms with E-state index in [1.807, 2.05) is 0 Å². The fourth-order valence-electron chi connectivity index (χ4n) is 4.11. The van der Waals surface area contributed by atoms with Gasteiger partial charge in [0.25, 0.3) is 5.91 Å². The minimum absolute atomic E-state index is 0.0353. The highest BCUT2D eigenvalue weighted by molar-refractivity contribution is 7.91. The number of amides is 1. The number of H-pyrrole nitrogens is 1. The molecule has 1 amide bonds. The summed E-state index contributed by atoms with van der Waals surface area (Å²) < 4.78 is 35.0. The average Bonchev–Trinajstić information content (AvgIpc) is 3.31. The van der Waals surface area contributed by atoms with Crippen LogP contribution in [0.25, 0.3) is 0 Å². The summed E-state index contributed by atoms with van der Waals surface area (Å²) in [4.78, 5) is 30.6. The summed E-state index contributed by atoms with van der Waals surface area (Å²) in [5, 5.41) is 0. The minimum Gasteiger partial charge on any atom is -0.459 e. The smallest absolute Gasteiger partial charge is 0.340 e. The molecule has 0 bridgehead atoms. The number of carbonyl (C=O) groups is 2. The molecule has 1 N–H and O–H groups in total. The summed E-state index contributed by atoms with van der Waals surface area (Å²) in [6.45, 7) is 7.98. The third kappa shape index (κ3) is 4.83. The van der Waals surface area contributed by atoms with E-state index in [4.69, 9.17) is 9.47 Å². The summed E-state index contributed by atoms with van der Waals surface area (Å²) in [7, 11) is -3.15. The number of hydrogen-bond acceptors (Lipinski definition) is 6. The van der Waals surface area contributed by atoms with E-state index in [9.17, 15) is 18.0 Å². The largest absolute Gasteiger partial charge is 0.459 e. The maximum absolute atomic E-state index is 13.5. The van der Waals surface area contributed by atoms with Crippen LogP contribution in [0.15, 0.2) is 0 Å². The Morgan fingerprint density at radius 1 is 1.28 bits per heavy atom. The van der Waals surface area contributed by atoms with Gasteiger partial charge in [0.05, 0.1) is 29.3 Å². The number of aromatic amines is 1. The molecule has 1 aromatic heterocycles. The molecule has 2 atom stereocenters. The standard InChI is InChI=1S/C20H30N2O6S/c1-12(2)28-20(24)17-13(3)18(21-14(17)4)19(23)22(10-16-6-5-8-27-16)15-7-9-29(25,26)11-15/h12,15-16,21H,5-11H2,1-4H3/t15-,16+/m0/s1. The van der Waals surface area contributed by atoms with Crippen molar-refractivity contribution in [1.29, 1.82) is 0 Å². The van der Waals surface area contributed by atoms with Crippen molar-refractivity contribution >= 4 is 21.7 Å². The van der Waals surface area contributed by atoms with Crippen molar-refractivity contribution < 1.29 is 27.5 Å². The van der Waals surface area contributed by atoms with Gasteiger partial charge in [-0.2, -0.15) is 0 Å². The molecule has 0 spiro atoms. The molecule has 0 aromatic carbocycles. The van der Waals surface area contributed by atoms with Crippen LogP contribution in [0, 0.1) is 13.8 Å². The number of aromatic nitrogens is 1. The molecular weight excluding hydrogens is 396 g/mol. The Morgan fingerprint density at radius 3 is 2.55 bits per heavy atom. The second-order valence-corrected chi connectivity index (χ2v) is 10.5. The molecule has 2 aliphatic rings. The normalized spacial score (nSPS) is 23.5. The summed E-state index contributed by atoms with van der Waals surface area (Å²) in [5.41, 5.74) is 1.75. The summed E-state index contributed by atoms with van der Waals surface area (Å²) in [5.74, 6) is -0.722. The summed E-state index contributed by atoms with van der Waals surface area (Å²) in [6, 6.07) is -0.384. The zero-order valence-electron chi connectivity index (χ0n) is 17.5. The molecule has 1 aromatic rings. The van der Waals surface area contributed by atoms with Crippen LogP contribution in [-0.4, -0.2) is 73.1 Å². The first-order valence-electron chi connectivity index (χ1n) is 10.1. The Kier molecular flexibility index (Phi) is 6.38. The number of carbonyl (C=O) groups excluding carboxylic acids is 2. The zero-order valence-corrected chi connectivity index (χ0v) is 18.3. The van der Waals surface area contributed by atoms with Gasteiger partial charge in [-0.25, -0.2) is 13.2 Å². The lowest BCUT2D eigenvalue weighted by molar-refractivity contribution is 0.0376. The van der Waals surface area contributed by atoms with E-state index < -0.39 is 15.8 Å². The first-order valence-corrected chi connectivity index (χ1v) is 11.9. The SMILES string of the molecule is Cc1[nH]c(C(=O)N(C[C@H]2CCCO2)[C@H]2CCS(=O)(=O)C2)c(C)c1C(=O)OC(C)C. The van der Waals surface area contributed by atoms with E-state index in [-0.39, 0.29) is 35.7 Å². The highest BCUT2D eigenvalue weighted by Crippen LogP contribution is 2.26. The van der Waals surface area contributed by atoms with Gasteiger partial charge in [-0.3, -0.25) is 4.79 Å². The van der Waals surface area contributed by atoms with Gasteiger partial charge in [0, 0.05) is 24.9 Å². The second kappa shape index (κ2) is 8.47. The first-order chi connectivity index (χ1) is 13.6. The van der Waals surface area contributed by atoms with Gasteiger partial charge < -0.3 is 19.4 Å². The summed E-state index contributed by atoms with van der Waals surface area (Å²) in [6.07, 6.45) is 1.83. The van der Waals surface area contributed by atoms with Crippen LogP contribution in [0.1, 0.15) is 65.2 Å². The molecule has 29 heavy (non-hydrogen) atoms. The van der Waals surface area contributed by atoms with Gasteiger partial charge in [-0.15, -0.1) is 0 Å². The Hall–Kier alpha value is -1.87. The van der Waals surface area contributed by atoms with Crippen molar-refractivity contribution in [2.45, 2.75) is 65.2 Å². The lowest BCUT2D eigenvalue weighted by Crippen LogP contribution is -2.45. The van der Waals surface area contributed by atoms with Crippen LogP contribution < -0.4 is 0 Å². The maximum Gasteiger partial charge on any atom is 0.340 e. The van der Waals surface area contributed by atoms with Crippen LogP contribution in [0.2, 0.25) is 0 Å². The second-order valence-electron chi connectivity index (χ2n) is 8.23. The molecule has 0 radical (unpaired) electrons. The van der Waals surface area contributed by atoms with Crippen LogP contribution in [0.5, 0.6) is 0 Å². The van der Waals surface area contributed by atoms with E-state index >= 15 is 0 Å². The molecule has 0 saturated carbocycles.